The molecule has 0 bridgehead atoms. The molecule has 150 valence electrons. The fourth-order valence-electron chi connectivity index (χ4n) is 4.46. The monoisotopic (exact) mass is 390 g/mol. The molecule has 2 aliphatic heterocycles. The van der Waals surface area contributed by atoms with Gasteiger partial charge in [-0.05, 0) is 50.8 Å². The van der Waals surface area contributed by atoms with Crippen LogP contribution < -0.4 is 4.90 Å². The van der Waals surface area contributed by atoms with E-state index in [2.05, 4.69) is 39.1 Å². The summed E-state index contributed by atoms with van der Waals surface area (Å²) in [5.41, 5.74) is 2.93. The van der Waals surface area contributed by atoms with Gasteiger partial charge in [-0.1, -0.05) is 23.8 Å². The van der Waals surface area contributed by atoms with Crippen LogP contribution in [0, 0.1) is 12.8 Å². The van der Waals surface area contributed by atoms with E-state index in [1.54, 1.807) is 0 Å². The lowest BCUT2D eigenvalue weighted by Crippen LogP contribution is -2.42. The number of hydrogen-bond acceptors (Lipinski definition) is 5. The number of anilines is 1. The molecule has 7 nitrogen and oxygen atoms in total. The quantitative estimate of drug-likeness (QED) is 0.688. The third-order valence-corrected chi connectivity index (χ3v) is 6.11. The van der Waals surface area contributed by atoms with E-state index in [1.807, 2.05) is 28.8 Å². The van der Waals surface area contributed by atoms with Crippen LogP contribution in [0.4, 0.5) is 5.82 Å². The summed E-state index contributed by atoms with van der Waals surface area (Å²) >= 11 is 0. The number of nitrogens with zero attached hydrogens (tertiary/aromatic N) is 6. The van der Waals surface area contributed by atoms with Gasteiger partial charge in [0.25, 0.3) is 0 Å². The van der Waals surface area contributed by atoms with E-state index in [0.29, 0.717) is 5.91 Å². The molecule has 5 rings (SSSR count). The summed E-state index contributed by atoms with van der Waals surface area (Å²) in [5.74, 6) is 2.18. The summed E-state index contributed by atoms with van der Waals surface area (Å²) in [7, 11) is 0. The molecule has 7 heteroatoms. The second-order valence-electron chi connectivity index (χ2n) is 8.15. The molecule has 2 fully saturated rings. The Hall–Kier alpha value is -2.96. The SMILES string of the molecule is Cc1cccc(-c2nnc3ccc(N4CCC(C(=O)N5CCCC5)CC4)nn23)c1. The van der Waals surface area contributed by atoms with Crippen molar-refractivity contribution in [2.75, 3.05) is 31.1 Å². The van der Waals surface area contributed by atoms with E-state index < -0.39 is 0 Å². The molecule has 29 heavy (non-hydrogen) atoms. The van der Waals surface area contributed by atoms with Gasteiger partial charge in [-0.3, -0.25) is 4.79 Å². The third-order valence-electron chi connectivity index (χ3n) is 6.11. The van der Waals surface area contributed by atoms with E-state index in [4.69, 9.17) is 5.10 Å². The average Bonchev–Trinajstić information content (AvgIpc) is 3.43. The first-order valence-electron chi connectivity index (χ1n) is 10.5. The van der Waals surface area contributed by atoms with Crippen LogP contribution in [0.1, 0.15) is 31.2 Å². The molecule has 0 radical (unpaired) electrons. The van der Waals surface area contributed by atoms with Gasteiger partial charge in [-0.25, -0.2) is 0 Å². The van der Waals surface area contributed by atoms with Gasteiger partial charge in [0, 0.05) is 37.7 Å². The molecule has 0 unspecified atom stereocenters. The zero-order valence-electron chi connectivity index (χ0n) is 16.8. The van der Waals surface area contributed by atoms with Crippen molar-refractivity contribution in [2.24, 2.45) is 5.92 Å². The van der Waals surface area contributed by atoms with Crippen molar-refractivity contribution in [1.29, 1.82) is 0 Å². The molecule has 2 saturated heterocycles. The molecule has 1 aromatic carbocycles. The Bertz CT molecular complexity index is 1030. The van der Waals surface area contributed by atoms with Gasteiger partial charge in [-0.2, -0.15) is 4.52 Å². The number of carbonyl (C=O) groups is 1. The van der Waals surface area contributed by atoms with E-state index in [0.717, 1.165) is 74.7 Å². The Labute approximate surface area is 170 Å². The standard InChI is InChI=1S/C22H26N6O/c1-16-5-4-6-18(15-16)21-24-23-19-7-8-20(25-28(19)21)26-13-9-17(10-14-26)22(29)27-11-2-3-12-27/h4-8,15,17H,2-3,9-14H2,1H3. The van der Waals surface area contributed by atoms with Crippen molar-refractivity contribution in [3.05, 3.63) is 42.0 Å². The molecular weight excluding hydrogens is 364 g/mol. The first-order chi connectivity index (χ1) is 14.2. The maximum Gasteiger partial charge on any atom is 0.225 e. The van der Waals surface area contributed by atoms with Crippen LogP contribution in [0.25, 0.3) is 17.0 Å². The Balaban J connectivity index is 1.35. The molecule has 0 atom stereocenters. The number of benzene rings is 1. The van der Waals surface area contributed by atoms with Crippen molar-refractivity contribution < 1.29 is 4.79 Å². The van der Waals surface area contributed by atoms with Crippen LogP contribution in [0.15, 0.2) is 36.4 Å². The number of hydrogen-bond donors (Lipinski definition) is 0. The maximum atomic E-state index is 12.7. The second-order valence-corrected chi connectivity index (χ2v) is 8.15. The number of fused-ring (bicyclic) bond motifs is 1. The number of aromatic nitrogens is 4. The highest BCUT2D eigenvalue weighted by Crippen LogP contribution is 2.26. The van der Waals surface area contributed by atoms with Gasteiger partial charge in [0.1, 0.15) is 5.82 Å². The summed E-state index contributed by atoms with van der Waals surface area (Å²) in [4.78, 5) is 17.0. The summed E-state index contributed by atoms with van der Waals surface area (Å²) in [5, 5.41) is 13.5. The Morgan fingerprint density at radius 3 is 2.55 bits per heavy atom. The molecular formula is C22H26N6O. The fourth-order valence-corrected chi connectivity index (χ4v) is 4.46. The molecule has 3 aromatic rings. The van der Waals surface area contributed by atoms with Gasteiger partial charge >= 0.3 is 0 Å². The average molecular weight is 390 g/mol. The summed E-state index contributed by atoms with van der Waals surface area (Å²) < 4.78 is 1.82. The van der Waals surface area contributed by atoms with Gasteiger partial charge in [0.2, 0.25) is 5.91 Å². The number of piperidine rings is 1. The topological polar surface area (TPSA) is 66.6 Å². The van der Waals surface area contributed by atoms with Crippen molar-refractivity contribution in [2.45, 2.75) is 32.6 Å². The predicted molar refractivity (Wildman–Crippen MR) is 112 cm³/mol. The molecule has 2 aromatic heterocycles. The Morgan fingerprint density at radius 1 is 1.00 bits per heavy atom. The second kappa shape index (κ2) is 7.46. The summed E-state index contributed by atoms with van der Waals surface area (Å²) in [6, 6.07) is 12.2. The van der Waals surface area contributed by atoms with E-state index in [1.165, 1.54) is 5.56 Å². The van der Waals surface area contributed by atoms with Crippen molar-refractivity contribution in [3.63, 3.8) is 0 Å². The third kappa shape index (κ3) is 3.45. The lowest BCUT2D eigenvalue weighted by atomic mass is 9.95. The van der Waals surface area contributed by atoms with Crippen molar-refractivity contribution in [3.8, 4) is 11.4 Å². The number of carbonyl (C=O) groups excluding carboxylic acids is 1. The zero-order chi connectivity index (χ0) is 19.8. The summed E-state index contributed by atoms with van der Waals surface area (Å²) in [6.07, 6.45) is 4.08. The van der Waals surface area contributed by atoms with Gasteiger partial charge in [0.05, 0.1) is 0 Å². The van der Waals surface area contributed by atoms with Crippen molar-refractivity contribution >= 4 is 17.4 Å². The first-order valence-corrected chi connectivity index (χ1v) is 10.5. The van der Waals surface area contributed by atoms with Gasteiger partial charge in [-0.15, -0.1) is 15.3 Å². The number of likely N-dealkylation sites (tertiary alicyclic amines) is 1. The normalized spacial score (nSPS) is 18.0. The highest BCUT2D eigenvalue weighted by Gasteiger charge is 2.30. The van der Waals surface area contributed by atoms with E-state index in [9.17, 15) is 4.79 Å². The smallest absolute Gasteiger partial charge is 0.225 e. The predicted octanol–water partition coefficient (Wildman–Crippen LogP) is 2.94. The van der Waals surface area contributed by atoms with E-state index in [-0.39, 0.29) is 5.92 Å². The molecule has 0 aliphatic carbocycles. The fraction of sp³-hybridized carbons (Fsp3) is 0.455. The highest BCUT2D eigenvalue weighted by molar-refractivity contribution is 5.79. The minimum Gasteiger partial charge on any atom is -0.355 e. The minimum absolute atomic E-state index is 0.158. The number of aryl methyl sites for hydroxylation is 1. The van der Waals surface area contributed by atoms with Crippen LogP contribution in [0.3, 0.4) is 0 Å². The highest BCUT2D eigenvalue weighted by atomic mass is 16.2. The van der Waals surface area contributed by atoms with Crippen LogP contribution in [-0.4, -0.2) is 56.8 Å². The minimum atomic E-state index is 0.158. The molecule has 0 spiro atoms. The van der Waals surface area contributed by atoms with Crippen LogP contribution >= 0.6 is 0 Å². The number of amides is 1. The Kier molecular flexibility index (Phi) is 4.66. The van der Waals surface area contributed by atoms with Crippen molar-refractivity contribution in [1.82, 2.24) is 24.7 Å². The maximum absolute atomic E-state index is 12.7. The Morgan fingerprint density at radius 2 is 1.79 bits per heavy atom. The lowest BCUT2D eigenvalue weighted by Gasteiger charge is -2.33. The van der Waals surface area contributed by atoms with E-state index >= 15 is 0 Å². The van der Waals surface area contributed by atoms with Gasteiger partial charge < -0.3 is 9.80 Å². The molecule has 4 heterocycles. The van der Waals surface area contributed by atoms with Crippen LogP contribution in [0.5, 0.6) is 0 Å². The lowest BCUT2D eigenvalue weighted by molar-refractivity contribution is -0.135. The largest absolute Gasteiger partial charge is 0.355 e. The molecule has 1 amide bonds. The molecule has 2 aliphatic rings. The summed E-state index contributed by atoms with van der Waals surface area (Å²) in [6.45, 7) is 5.65. The molecule has 0 saturated carbocycles. The van der Waals surface area contributed by atoms with Crippen LogP contribution in [0.2, 0.25) is 0 Å². The van der Waals surface area contributed by atoms with Gasteiger partial charge in [0.15, 0.2) is 11.5 Å². The zero-order valence-corrected chi connectivity index (χ0v) is 16.8. The number of rotatable bonds is 3. The molecule has 0 N–H and O–H groups in total. The first kappa shape index (κ1) is 18.1. The van der Waals surface area contributed by atoms with Crippen LogP contribution in [-0.2, 0) is 4.79 Å².